The summed E-state index contributed by atoms with van der Waals surface area (Å²) in [6.45, 7) is 5.80. The summed E-state index contributed by atoms with van der Waals surface area (Å²) in [5.74, 6) is 0.317. The minimum absolute atomic E-state index is 0.252. The third-order valence-electron chi connectivity index (χ3n) is 4.36. The molecule has 1 aliphatic heterocycles. The number of carbonyl (C=O) groups is 1. The summed E-state index contributed by atoms with van der Waals surface area (Å²) < 4.78 is 0. The van der Waals surface area contributed by atoms with Gasteiger partial charge in [-0.05, 0) is 45.1 Å². The standard InChI is InChI=1S/C15H29N3O/c1-2-8-18(13-6-7-13)14(12-16)11-15(19)17-9-4-3-5-10-17/h13-14H,2-12,16H2,1H3. The average molecular weight is 267 g/mol. The highest BCUT2D eigenvalue weighted by Crippen LogP contribution is 2.29. The predicted molar refractivity (Wildman–Crippen MR) is 77.9 cm³/mol. The van der Waals surface area contributed by atoms with Crippen molar-refractivity contribution in [1.82, 2.24) is 9.80 Å². The van der Waals surface area contributed by atoms with Gasteiger partial charge in [0.25, 0.3) is 0 Å². The van der Waals surface area contributed by atoms with Crippen LogP contribution in [0.2, 0.25) is 0 Å². The van der Waals surface area contributed by atoms with Crippen LogP contribution in [-0.2, 0) is 4.79 Å². The number of amides is 1. The van der Waals surface area contributed by atoms with Crippen LogP contribution in [0.4, 0.5) is 0 Å². The van der Waals surface area contributed by atoms with Crippen LogP contribution >= 0.6 is 0 Å². The predicted octanol–water partition coefficient (Wildman–Crippen LogP) is 1.59. The Balaban J connectivity index is 1.87. The molecule has 110 valence electrons. The van der Waals surface area contributed by atoms with E-state index in [1.807, 2.05) is 4.90 Å². The van der Waals surface area contributed by atoms with Gasteiger partial charge in [-0.3, -0.25) is 9.69 Å². The zero-order valence-electron chi connectivity index (χ0n) is 12.3. The molecule has 4 nitrogen and oxygen atoms in total. The first-order chi connectivity index (χ1) is 9.26. The van der Waals surface area contributed by atoms with Gasteiger partial charge in [-0.25, -0.2) is 0 Å². The van der Waals surface area contributed by atoms with Crippen LogP contribution < -0.4 is 5.73 Å². The SMILES string of the molecule is CCCN(C1CC1)C(CN)CC(=O)N1CCCCC1. The molecule has 0 aromatic rings. The molecule has 1 atom stereocenters. The normalized spacial score (nSPS) is 21.7. The van der Waals surface area contributed by atoms with E-state index in [2.05, 4.69) is 11.8 Å². The van der Waals surface area contributed by atoms with Gasteiger partial charge >= 0.3 is 0 Å². The molecule has 2 N–H and O–H groups in total. The fraction of sp³-hybridized carbons (Fsp3) is 0.933. The van der Waals surface area contributed by atoms with Crippen LogP contribution in [-0.4, -0.2) is 54.0 Å². The van der Waals surface area contributed by atoms with Gasteiger partial charge in [-0.15, -0.1) is 0 Å². The van der Waals surface area contributed by atoms with E-state index in [-0.39, 0.29) is 6.04 Å². The first-order valence-corrected chi connectivity index (χ1v) is 7.99. The van der Waals surface area contributed by atoms with E-state index in [0.717, 1.165) is 26.1 Å². The lowest BCUT2D eigenvalue weighted by Gasteiger charge is -2.33. The van der Waals surface area contributed by atoms with Gasteiger partial charge in [0.15, 0.2) is 0 Å². The van der Waals surface area contributed by atoms with E-state index in [1.165, 1.54) is 32.1 Å². The van der Waals surface area contributed by atoms with Gasteiger partial charge in [0.1, 0.15) is 0 Å². The van der Waals surface area contributed by atoms with E-state index < -0.39 is 0 Å². The van der Waals surface area contributed by atoms with Crippen LogP contribution in [0.25, 0.3) is 0 Å². The number of hydrogen-bond donors (Lipinski definition) is 1. The number of carbonyl (C=O) groups excluding carboxylic acids is 1. The molecule has 0 aromatic heterocycles. The molecule has 1 saturated heterocycles. The molecule has 1 unspecified atom stereocenters. The summed E-state index contributed by atoms with van der Waals surface area (Å²) in [5, 5.41) is 0. The third-order valence-corrected chi connectivity index (χ3v) is 4.36. The van der Waals surface area contributed by atoms with Crippen molar-refractivity contribution in [1.29, 1.82) is 0 Å². The third kappa shape index (κ3) is 4.18. The second-order valence-corrected chi connectivity index (χ2v) is 6.00. The molecular formula is C15H29N3O. The maximum atomic E-state index is 12.4. The summed E-state index contributed by atoms with van der Waals surface area (Å²) in [4.78, 5) is 16.9. The average Bonchev–Trinajstić information content (AvgIpc) is 3.28. The lowest BCUT2D eigenvalue weighted by molar-refractivity contribution is -0.133. The summed E-state index contributed by atoms with van der Waals surface area (Å²) >= 11 is 0. The van der Waals surface area contributed by atoms with Crippen LogP contribution in [0, 0.1) is 0 Å². The Morgan fingerprint density at radius 2 is 2.00 bits per heavy atom. The Morgan fingerprint density at radius 1 is 1.32 bits per heavy atom. The Morgan fingerprint density at radius 3 is 2.53 bits per heavy atom. The van der Waals surface area contributed by atoms with E-state index in [0.29, 0.717) is 24.9 Å². The second kappa shape index (κ2) is 7.25. The number of likely N-dealkylation sites (tertiary alicyclic amines) is 1. The maximum Gasteiger partial charge on any atom is 0.224 e. The minimum Gasteiger partial charge on any atom is -0.343 e. The highest BCUT2D eigenvalue weighted by Gasteiger charge is 2.34. The summed E-state index contributed by atoms with van der Waals surface area (Å²) in [5.41, 5.74) is 5.93. The molecule has 0 bridgehead atoms. The van der Waals surface area contributed by atoms with Gasteiger partial charge < -0.3 is 10.6 Å². The largest absolute Gasteiger partial charge is 0.343 e. The fourth-order valence-corrected chi connectivity index (χ4v) is 3.14. The zero-order valence-corrected chi connectivity index (χ0v) is 12.3. The van der Waals surface area contributed by atoms with Crippen molar-refractivity contribution in [2.45, 2.75) is 64.0 Å². The molecular weight excluding hydrogens is 238 g/mol. The fourth-order valence-electron chi connectivity index (χ4n) is 3.14. The molecule has 2 fully saturated rings. The van der Waals surface area contributed by atoms with Crippen molar-refractivity contribution in [3.05, 3.63) is 0 Å². The lowest BCUT2D eigenvalue weighted by Crippen LogP contribution is -2.47. The molecule has 1 heterocycles. The Hall–Kier alpha value is -0.610. The molecule has 2 rings (SSSR count). The first kappa shape index (κ1) is 14.8. The topological polar surface area (TPSA) is 49.6 Å². The molecule has 0 radical (unpaired) electrons. The highest BCUT2D eigenvalue weighted by molar-refractivity contribution is 5.77. The molecule has 4 heteroatoms. The molecule has 1 aliphatic carbocycles. The van der Waals surface area contributed by atoms with Gasteiger partial charge in [0.2, 0.25) is 5.91 Å². The molecule has 1 saturated carbocycles. The Bertz CT molecular complexity index is 285. The van der Waals surface area contributed by atoms with Gasteiger partial charge in [-0.1, -0.05) is 6.92 Å². The smallest absolute Gasteiger partial charge is 0.224 e. The summed E-state index contributed by atoms with van der Waals surface area (Å²) in [6, 6.07) is 0.949. The van der Waals surface area contributed by atoms with Crippen molar-refractivity contribution >= 4 is 5.91 Å². The second-order valence-electron chi connectivity index (χ2n) is 6.00. The van der Waals surface area contributed by atoms with Crippen molar-refractivity contribution in [3.8, 4) is 0 Å². The van der Waals surface area contributed by atoms with Crippen molar-refractivity contribution in [2.75, 3.05) is 26.2 Å². The molecule has 1 amide bonds. The number of nitrogens with zero attached hydrogens (tertiary/aromatic N) is 2. The zero-order chi connectivity index (χ0) is 13.7. The number of hydrogen-bond acceptors (Lipinski definition) is 3. The van der Waals surface area contributed by atoms with Gasteiger partial charge in [0.05, 0.1) is 0 Å². The Kier molecular flexibility index (Phi) is 5.64. The van der Waals surface area contributed by atoms with Crippen molar-refractivity contribution < 1.29 is 4.79 Å². The number of nitrogens with two attached hydrogens (primary N) is 1. The van der Waals surface area contributed by atoms with E-state index >= 15 is 0 Å². The maximum absolute atomic E-state index is 12.4. The summed E-state index contributed by atoms with van der Waals surface area (Å²) in [6.07, 6.45) is 7.94. The van der Waals surface area contributed by atoms with Gasteiger partial charge in [-0.2, -0.15) is 0 Å². The van der Waals surface area contributed by atoms with E-state index in [9.17, 15) is 4.79 Å². The Labute approximate surface area is 117 Å². The number of piperidine rings is 1. The van der Waals surface area contributed by atoms with Crippen LogP contribution in [0.5, 0.6) is 0 Å². The van der Waals surface area contributed by atoms with E-state index in [4.69, 9.17) is 5.73 Å². The molecule has 0 aromatic carbocycles. The van der Waals surface area contributed by atoms with Crippen LogP contribution in [0.1, 0.15) is 51.9 Å². The monoisotopic (exact) mass is 267 g/mol. The van der Waals surface area contributed by atoms with E-state index in [1.54, 1.807) is 0 Å². The number of rotatable bonds is 7. The quantitative estimate of drug-likeness (QED) is 0.762. The molecule has 2 aliphatic rings. The summed E-state index contributed by atoms with van der Waals surface area (Å²) in [7, 11) is 0. The lowest BCUT2D eigenvalue weighted by atomic mass is 10.1. The minimum atomic E-state index is 0.252. The molecule has 19 heavy (non-hydrogen) atoms. The van der Waals surface area contributed by atoms with Crippen molar-refractivity contribution in [2.24, 2.45) is 5.73 Å². The first-order valence-electron chi connectivity index (χ1n) is 7.99. The van der Waals surface area contributed by atoms with Crippen LogP contribution in [0.3, 0.4) is 0 Å². The highest BCUT2D eigenvalue weighted by atomic mass is 16.2. The van der Waals surface area contributed by atoms with Crippen molar-refractivity contribution in [3.63, 3.8) is 0 Å². The van der Waals surface area contributed by atoms with Gasteiger partial charge in [0, 0.05) is 38.1 Å². The van der Waals surface area contributed by atoms with Crippen LogP contribution in [0.15, 0.2) is 0 Å². The molecule has 0 spiro atoms.